The molecule has 92 valence electrons. The third-order valence-electron chi connectivity index (χ3n) is 2.55. The molecule has 0 saturated heterocycles. The maximum atomic E-state index is 12.9. The largest absolute Gasteiger partial charge is 0.289 e. The summed E-state index contributed by atoms with van der Waals surface area (Å²) in [6.07, 6.45) is 4.70. The van der Waals surface area contributed by atoms with E-state index in [0.717, 1.165) is 0 Å². The van der Waals surface area contributed by atoms with E-state index in [0.29, 0.717) is 16.8 Å². The SMILES string of the molecule is Cc1nn(C)cc1C(=O)/C=C/c1cccc(F)c1. The van der Waals surface area contributed by atoms with Gasteiger partial charge in [-0.2, -0.15) is 5.10 Å². The third kappa shape index (κ3) is 2.71. The van der Waals surface area contributed by atoms with Crippen molar-refractivity contribution in [1.29, 1.82) is 0 Å². The van der Waals surface area contributed by atoms with Crippen LogP contribution in [-0.4, -0.2) is 15.6 Å². The van der Waals surface area contributed by atoms with Crippen LogP contribution < -0.4 is 0 Å². The van der Waals surface area contributed by atoms with E-state index in [1.54, 1.807) is 43.1 Å². The fraction of sp³-hybridized carbons (Fsp3) is 0.143. The van der Waals surface area contributed by atoms with Gasteiger partial charge in [0.05, 0.1) is 11.3 Å². The van der Waals surface area contributed by atoms with Gasteiger partial charge in [-0.15, -0.1) is 0 Å². The summed E-state index contributed by atoms with van der Waals surface area (Å²) in [5.74, 6) is -0.452. The second-order valence-electron chi connectivity index (χ2n) is 4.05. The van der Waals surface area contributed by atoms with Crippen molar-refractivity contribution in [2.45, 2.75) is 6.92 Å². The predicted molar refractivity (Wildman–Crippen MR) is 67.7 cm³/mol. The van der Waals surface area contributed by atoms with Crippen LogP contribution in [0.4, 0.5) is 4.39 Å². The van der Waals surface area contributed by atoms with Crippen LogP contribution in [0.15, 0.2) is 36.5 Å². The van der Waals surface area contributed by atoms with Crippen molar-refractivity contribution >= 4 is 11.9 Å². The highest BCUT2D eigenvalue weighted by Gasteiger charge is 2.09. The lowest BCUT2D eigenvalue weighted by Crippen LogP contribution is -1.94. The van der Waals surface area contributed by atoms with E-state index in [9.17, 15) is 9.18 Å². The molecule has 0 bridgehead atoms. The second-order valence-corrected chi connectivity index (χ2v) is 4.05. The van der Waals surface area contributed by atoms with E-state index in [4.69, 9.17) is 0 Å². The molecule has 2 aromatic rings. The van der Waals surface area contributed by atoms with E-state index in [1.807, 2.05) is 0 Å². The van der Waals surface area contributed by atoms with Crippen LogP contribution in [0.3, 0.4) is 0 Å². The molecule has 0 radical (unpaired) electrons. The molecule has 0 N–H and O–H groups in total. The van der Waals surface area contributed by atoms with Crippen LogP contribution >= 0.6 is 0 Å². The third-order valence-corrected chi connectivity index (χ3v) is 2.55. The van der Waals surface area contributed by atoms with Gasteiger partial charge in [0, 0.05) is 13.2 Å². The Kier molecular flexibility index (Phi) is 3.37. The molecular formula is C14H13FN2O. The smallest absolute Gasteiger partial charge is 0.189 e. The number of rotatable bonds is 3. The first kappa shape index (κ1) is 12.2. The molecule has 0 spiro atoms. The lowest BCUT2D eigenvalue weighted by atomic mass is 10.1. The Morgan fingerprint density at radius 1 is 1.44 bits per heavy atom. The first-order valence-corrected chi connectivity index (χ1v) is 5.54. The van der Waals surface area contributed by atoms with Crippen molar-refractivity contribution in [3.8, 4) is 0 Å². The number of allylic oxidation sites excluding steroid dienone is 1. The first-order chi connectivity index (χ1) is 8.56. The fourth-order valence-electron chi connectivity index (χ4n) is 1.71. The number of carbonyl (C=O) groups is 1. The van der Waals surface area contributed by atoms with Crippen molar-refractivity contribution in [3.05, 3.63) is 59.2 Å². The predicted octanol–water partition coefficient (Wildman–Crippen LogP) is 2.76. The average Bonchev–Trinajstić information content (AvgIpc) is 2.66. The quantitative estimate of drug-likeness (QED) is 0.614. The summed E-state index contributed by atoms with van der Waals surface area (Å²) in [6.45, 7) is 1.78. The molecular weight excluding hydrogens is 231 g/mol. The molecule has 0 aliphatic rings. The Labute approximate surface area is 105 Å². The highest BCUT2D eigenvalue weighted by atomic mass is 19.1. The minimum atomic E-state index is -0.317. The molecule has 0 aliphatic carbocycles. The average molecular weight is 244 g/mol. The van der Waals surface area contributed by atoms with Crippen LogP contribution in [0.1, 0.15) is 21.6 Å². The maximum absolute atomic E-state index is 12.9. The molecule has 18 heavy (non-hydrogen) atoms. The number of aryl methyl sites for hydroxylation is 2. The normalized spacial score (nSPS) is 11.1. The Hall–Kier alpha value is -2.23. The molecule has 3 nitrogen and oxygen atoms in total. The Morgan fingerprint density at radius 2 is 2.22 bits per heavy atom. The van der Waals surface area contributed by atoms with Gasteiger partial charge < -0.3 is 0 Å². The molecule has 0 unspecified atom stereocenters. The summed E-state index contributed by atoms with van der Waals surface area (Å²) in [5, 5.41) is 4.10. The molecule has 0 amide bonds. The Morgan fingerprint density at radius 3 is 2.83 bits per heavy atom. The van der Waals surface area contributed by atoms with Gasteiger partial charge in [0.15, 0.2) is 5.78 Å². The Bertz CT molecular complexity index is 614. The maximum Gasteiger partial charge on any atom is 0.189 e. The van der Waals surface area contributed by atoms with Gasteiger partial charge in [0.2, 0.25) is 0 Å². The molecule has 1 aromatic carbocycles. The van der Waals surface area contributed by atoms with Crippen LogP contribution in [0.2, 0.25) is 0 Å². The number of halogens is 1. The van der Waals surface area contributed by atoms with Crippen molar-refractivity contribution in [2.24, 2.45) is 7.05 Å². The number of aromatic nitrogens is 2. The van der Waals surface area contributed by atoms with E-state index in [-0.39, 0.29) is 11.6 Å². The van der Waals surface area contributed by atoms with Crippen molar-refractivity contribution in [1.82, 2.24) is 9.78 Å². The topological polar surface area (TPSA) is 34.9 Å². The minimum absolute atomic E-state index is 0.134. The summed E-state index contributed by atoms with van der Waals surface area (Å²) in [7, 11) is 1.76. The molecule has 2 rings (SSSR count). The molecule has 4 heteroatoms. The van der Waals surface area contributed by atoms with E-state index >= 15 is 0 Å². The highest BCUT2D eigenvalue weighted by molar-refractivity contribution is 6.07. The molecule has 1 heterocycles. The highest BCUT2D eigenvalue weighted by Crippen LogP contribution is 2.09. The summed E-state index contributed by atoms with van der Waals surface area (Å²) in [4.78, 5) is 11.9. The van der Waals surface area contributed by atoms with Crippen molar-refractivity contribution < 1.29 is 9.18 Å². The van der Waals surface area contributed by atoms with Crippen LogP contribution in [0.5, 0.6) is 0 Å². The van der Waals surface area contributed by atoms with E-state index < -0.39 is 0 Å². The van der Waals surface area contributed by atoms with Gasteiger partial charge in [-0.05, 0) is 30.7 Å². The molecule has 0 fully saturated rings. The number of hydrogen-bond acceptors (Lipinski definition) is 2. The van der Waals surface area contributed by atoms with Gasteiger partial charge in [-0.25, -0.2) is 4.39 Å². The van der Waals surface area contributed by atoms with E-state index in [1.165, 1.54) is 18.2 Å². The lowest BCUT2D eigenvalue weighted by molar-refractivity contribution is 0.104. The fourth-order valence-corrected chi connectivity index (χ4v) is 1.71. The number of ketones is 1. The van der Waals surface area contributed by atoms with Gasteiger partial charge in [-0.1, -0.05) is 18.2 Å². The molecule has 0 saturated carbocycles. The summed E-state index contributed by atoms with van der Waals surface area (Å²) in [6, 6.07) is 6.09. The number of benzene rings is 1. The van der Waals surface area contributed by atoms with E-state index in [2.05, 4.69) is 5.10 Å². The zero-order valence-electron chi connectivity index (χ0n) is 10.2. The number of hydrogen-bond donors (Lipinski definition) is 0. The molecule has 1 aromatic heterocycles. The van der Waals surface area contributed by atoms with Gasteiger partial charge in [0.1, 0.15) is 5.82 Å². The van der Waals surface area contributed by atoms with Gasteiger partial charge >= 0.3 is 0 Å². The minimum Gasteiger partial charge on any atom is -0.289 e. The van der Waals surface area contributed by atoms with Crippen LogP contribution in [-0.2, 0) is 7.05 Å². The molecule has 0 aliphatic heterocycles. The number of carbonyl (C=O) groups excluding carboxylic acids is 1. The summed E-state index contributed by atoms with van der Waals surface area (Å²) < 4.78 is 14.5. The lowest BCUT2D eigenvalue weighted by Gasteiger charge is -1.94. The first-order valence-electron chi connectivity index (χ1n) is 5.54. The van der Waals surface area contributed by atoms with Gasteiger partial charge in [-0.3, -0.25) is 9.48 Å². The second kappa shape index (κ2) is 4.96. The Balaban J connectivity index is 2.19. The molecule has 0 atom stereocenters. The monoisotopic (exact) mass is 244 g/mol. The summed E-state index contributed by atoms with van der Waals surface area (Å²) >= 11 is 0. The number of nitrogens with zero attached hydrogens (tertiary/aromatic N) is 2. The zero-order chi connectivity index (χ0) is 13.1. The van der Waals surface area contributed by atoms with Crippen LogP contribution in [0, 0.1) is 12.7 Å². The van der Waals surface area contributed by atoms with Gasteiger partial charge in [0.25, 0.3) is 0 Å². The zero-order valence-corrected chi connectivity index (χ0v) is 10.2. The van der Waals surface area contributed by atoms with Crippen LogP contribution in [0.25, 0.3) is 6.08 Å². The summed E-state index contributed by atoms with van der Waals surface area (Å²) in [5.41, 5.74) is 1.90. The van der Waals surface area contributed by atoms with Crippen molar-refractivity contribution in [3.63, 3.8) is 0 Å². The standard InChI is InChI=1S/C14H13FN2O/c1-10-13(9-17(2)16-10)14(18)7-6-11-4-3-5-12(15)8-11/h3-9H,1-2H3/b7-6+. The van der Waals surface area contributed by atoms with Crippen molar-refractivity contribution in [2.75, 3.05) is 0 Å².